The molecular weight excluding hydrogens is 248 g/mol. The zero-order chi connectivity index (χ0) is 13.9. The highest BCUT2D eigenvalue weighted by molar-refractivity contribution is 5.94. The summed E-state index contributed by atoms with van der Waals surface area (Å²) in [5.74, 6) is 0.826. The standard InChI is InChI=1S/C16H16N4/c1-3-9-20-11-12(2)18-16(20)19-15-6-4-5-13-10-17-8-7-14(13)15/h3-8,10-11H,1,9H2,2H3,(H,18,19). The zero-order valence-electron chi connectivity index (χ0n) is 11.4. The van der Waals surface area contributed by atoms with Crippen LogP contribution in [0.4, 0.5) is 11.6 Å². The summed E-state index contributed by atoms with van der Waals surface area (Å²) in [7, 11) is 0. The quantitative estimate of drug-likeness (QED) is 0.731. The van der Waals surface area contributed by atoms with E-state index in [-0.39, 0.29) is 0 Å². The molecule has 0 aliphatic rings. The topological polar surface area (TPSA) is 42.7 Å². The average Bonchev–Trinajstić information content (AvgIpc) is 2.80. The molecule has 20 heavy (non-hydrogen) atoms. The molecule has 0 saturated carbocycles. The van der Waals surface area contributed by atoms with Crippen LogP contribution in [-0.2, 0) is 6.54 Å². The van der Waals surface area contributed by atoms with Gasteiger partial charge in [-0.1, -0.05) is 18.2 Å². The number of aryl methyl sites for hydroxylation is 1. The Morgan fingerprint density at radius 2 is 2.25 bits per heavy atom. The lowest BCUT2D eigenvalue weighted by Crippen LogP contribution is -2.02. The molecule has 0 unspecified atom stereocenters. The number of fused-ring (bicyclic) bond motifs is 1. The molecule has 100 valence electrons. The van der Waals surface area contributed by atoms with Crippen molar-refractivity contribution >= 4 is 22.4 Å². The molecule has 0 saturated heterocycles. The van der Waals surface area contributed by atoms with Crippen molar-refractivity contribution in [2.24, 2.45) is 0 Å². The Bertz CT molecular complexity index is 753. The minimum absolute atomic E-state index is 0.732. The van der Waals surface area contributed by atoms with Crippen LogP contribution in [0.5, 0.6) is 0 Å². The van der Waals surface area contributed by atoms with E-state index in [2.05, 4.69) is 27.9 Å². The first-order chi connectivity index (χ1) is 9.78. The molecule has 0 spiro atoms. The van der Waals surface area contributed by atoms with Crippen LogP contribution in [0.2, 0.25) is 0 Å². The Morgan fingerprint density at radius 1 is 1.35 bits per heavy atom. The van der Waals surface area contributed by atoms with Crippen LogP contribution >= 0.6 is 0 Å². The van der Waals surface area contributed by atoms with Crippen molar-refractivity contribution in [1.29, 1.82) is 0 Å². The van der Waals surface area contributed by atoms with Gasteiger partial charge in [0.05, 0.1) is 5.69 Å². The molecule has 4 heteroatoms. The molecule has 2 heterocycles. The molecule has 0 aliphatic heterocycles. The first-order valence-corrected chi connectivity index (χ1v) is 6.52. The van der Waals surface area contributed by atoms with E-state index >= 15 is 0 Å². The summed E-state index contributed by atoms with van der Waals surface area (Å²) in [5, 5.41) is 5.64. The van der Waals surface area contributed by atoms with Crippen molar-refractivity contribution in [2.75, 3.05) is 5.32 Å². The third kappa shape index (κ3) is 2.28. The molecule has 3 aromatic rings. The monoisotopic (exact) mass is 264 g/mol. The van der Waals surface area contributed by atoms with E-state index in [9.17, 15) is 0 Å². The van der Waals surface area contributed by atoms with Crippen molar-refractivity contribution in [3.05, 3.63) is 61.2 Å². The summed E-state index contributed by atoms with van der Waals surface area (Å²) in [6, 6.07) is 8.12. The van der Waals surface area contributed by atoms with E-state index < -0.39 is 0 Å². The minimum Gasteiger partial charge on any atom is -0.325 e. The molecule has 0 atom stereocenters. The number of nitrogens with zero attached hydrogens (tertiary/aromatic N) is 3. The largest absolute Gasteiger partial charge is 0.325 e. The fourth-order valence-corrected chi connectivity index (χ4v) is 2.28. The summed E-state index contributed by atoms with van der Waals surface area (Å²) in [5.41, 5.74) is 2.01. The minimum atomic E-state index is 0.732. The molecule has 2 aromatic heterocycles. The number of aromatic nitrogens is 3. The fourth-order valence-electron chi connectivity index (χ4n) is 2.28. The van der Waals surface area contributed by atoms with Gasteiger partial charge in [0.1, 0.15) is 0 Å². The Kier molecular flexibility index (Phi) is 3.21. The van der Waals surface area contributed by atoms with Crippen molar-refractivity contribution in [3.63, 3.8) is 0 Å². The zero-order valence-corrected chi connectivity index (χ0v) is 11.4. The molecule has 0 fully saturated rings. The van der Waals surface area contributed by atoms with Crippen LogP contribution in [-0.4, -0.2) is 14.5 Å². The van der Waals surface area contributed by atoms with Gasteiger partial charge in [0.15, 0.2) is 0 Å². The molecule has 0 radical (unpaired) electrons. The van der Waals surface area contributed by atoms with Crippen molar-refractivity contribution in [1.82, 2.24) is 14.5 Å². The van der Waals surface area contributed by atoms with Gasteiger partial charge in [-0.05, 0) is 19.1 Å². The maximum atomic E-state index is 4.52. The molecule has 3 rings (SSSR count). The number of imidazole rings is 1. The van der Waals surface area contributed by atoms with Gasteiger partial charge >= 0.3 is 0 Å². The number of hydrogen-bond acceptors (Lipinski definition) is 3. The van der Waals surface area contributed by atoms with E-state index in [1.54, 1.807) is 6.20 Å². The van der Waals surface area contributed by atoms with Crippen LogP contribution < -0.4 is 5.32 Å². The Labute approximate surface area is 117 Å². The summed E-state index contributed by atoms with van der Waals surface area (Å²) >= 11 is 0. The van der Waals surface area contributed by atoms with Crippen LogP contribution in [0.25, 0.3) is 10.8 Å². The van der Waals surface area contributed by atoms with Crippen molar-refractivity contribution in [3.8, 4) is 0 Å². The van der Waals surface area contributed by atoms with E-state index in [0.717, 1.165) is 34.6 Å². The molecule has 0 bridgehead atoms. The third-order valence-corrected chi connectivity index (χ3v) is 3.15. The molecule has 1 aromatic carbocycles. The lowest BCUT2D eigenvalue weighted by molar-refractivity contribution is 0.832. The van der Waals surface area contributed by atoms with Gasteiger partial charge in [0.25, 0.3) is 0 Å². The van der Waals surface area contributed by atoms with Crippen molar-refractivity contribution < 1.29 is 0 Å². The van der Waals surface area contributed by atoms with Gasteiger partial charge in [-0.15, -0.1) is 6.58 Å². The predicted molar refractivity (Wildman–Crippen MR) is 82.2 cm³/mol. The smallest absolute Gasteiger partial charge is 0.207 e. The van der Waals surface area contributed by atoms with Crippen LogP contribution in [0.1, 0.15) is 5.69 Å². The van der Waals surface area contributed by atoms with Gasteiger partial charge in [0, 0.05) is 41.6 Å². The second-order valence-electron chi connectivity index (χ2n) is 4.67. The fraction of sp³-hybridized carbons (Fsp3) is 0.125. The molecule has 0 aliphatic carbocycles. The van der Waals surface area contributed by atoms with E-state index in [0.29, 0.717) is 0 Å². The van der Waals surface area contributed by atoms with Gasteiger partial charge in [-0.2, -0.15) is 0 Å². The van der Waals surface area contributed by atoms with Crippen molar-refractivity contribution in [2.45, 2.75) is 13.5 Å². The number of benzene rings is 1. The van der Waals surface area contributed by atoms with Gasteiger partial charge in [0.2, 0.25) is 5.95 Å². The second-order valence-corrected chi connectivity index (χ2v) is 4.67. The Hall–Kier alpha value is -2.62. The van der Waals surface area contributed by atoms with Crippen LogP contribution in [0, 0.1) is 6.92 Å². The molecular formula is C16H16N4. The summed E-state index contributed by atoms with van der Waals surface area (Å²) in [6.45, 7) is 6.49. The average molecular weight is 264 g/mol. The molecule has 0 amide bonds. The number of hydrogen-bond donors (Lipinski definition) is 1. The second kappa shape index (κ2) is 5.17. The first-order valence-electron chi connectivity index (χ1n) is 6.52. The lowest BCUT2D eigenvalue weighted by atomic mass is 10.1. The summed E-state index contributed by atoms with van der Waals surface area (Å²) in [6.07, 6.45) is 7.53. The number of allylic oxidation sites excluding steroid dienone is 1. The van der Waals surface area contributed by atoms with Gasteiger partial charge in [-0.3, -0.25) is 4.98 Å². The van der Waals surface area contributed by atoms with E-state index in [1.165, 1.54) is 0 Å². The Morgan fingerprint density at radius 3 is 3.10 bits per heavy atom. The number of nitrogens with one attached hydrogen (secondary N) is 1. The van der Waals surface area contributed by atoms with Gasteiger partial charge in [-0.25, -0.2) is 4.98 Å². The summed E-state index contributed by atoms with van der Waals surface area (Å²) < 4.78 is 2.04. The SMILES string of the molecule is C=CCn1cc(C)nc1Nc1cccc2cnccc12. The van der Waals surface area contributed by atoms with Crippen LogP contribution in [0.3, 0.4) is 0 Å². The van der Waals surface area contributed by atoms with Crippen LogP contribution in [0.15, 0.2) is 55.5 Å². The third-order valence-electron chi connectivity index (χ3n) is 3.15. The highest BCUT2D eigenvalue weighted by atomic mass is 15.2. The first kappa shape index (κ1) is 12.4. The maximum absolute atomic E-state index is 4.52. The highest BCUT2D eigenvalue weighted by Gasteiger charge is 2.07. The number of pyridine rings is 1. The predicted octanol–water partition coefficient (Wildman–Crippen LogP) is 3.67. The lowest BCUT2D eigenvalue weighted by Gasteiger charge is -2.10. The molecule has 1 N–H and O–H groups in total. The molecule has 4 nitrogen and oxygen atoms in total. The van der Waals surface area contributed by atoms with E-state index in [4.69, 9.17) is 0 Å². The Balaban J connectivity index is 2.03. The highest BCUT2D eigenvalue weighted by Crippen LogP contribution is 2.25. The number of anilines is 2. The van der Waals surface area contributed by atoms with Gasteiger partial charge < -0.3 is 9.88 Å². The van der Waals surface area contributed by atoms with E-state index in [1.807, 2.05) is 48.2 Å². The normalized spacial score (nSPS) is 10.7. The number of rotatable bonds is 4. The maximum Gasteiger partial charge on any atom is 0.207 e. The summed E-state index contributed by atoms with van der Waals surface area (Å²) in [4.78, 5) is 8.67.